The second-order valence-electron chi connectivity index (χ2n) is 3.02. The smallest absolute Gasteiger partial charge is 0.284 e. The van der Waals surface area contributed by atoms with Crippen LogP contribution in [0.2, 0.25) is 0 Å². The molecule has 9 heteroatoms. The van der Waals surface area contributed by atoms with Gasteiger partial charge in [-0.1, -0.05) is 5.16 Å². The molecule has 3 aromatic rings. The normalized spacial score (nSPS) is 10.6. The maximum Gasteiger partial charge on any atom is 0.284 e. The molecule has 0 aliphatic rings. The monoisotopic (exact) mass is 231 g/mol. The largest absolute Gasteiger partial charge is 0.379 e. The van der Waals surface area contributed by atoms with Gasteiger partial charge in [-0.2, -0.15) is 4.98 Å². The van der Waals surface area contributed by atoms with Gasteiger partial charge in [-0.3, -0.25) is 0 Å². The van der Waals surface area contributed by atoms with E-state index in [1.54, 1.807) is 12.3 Å². The first-order valence-corrected chi connectivity index (χ1v) is 4.53. The molecule has 17 heavy (non-hydrogen) atoms. The summed E-state index contributed by atoms with van der Waals surface area (Å²) in [5, 5.41) is 10.7. The highest BCUT2D eigenvalue weighted by atomic mass is 16.6. The maximum atomic E-state index is 5.50. The average Bonchev–Trinajstić information content (AvgIpc) is 2.98. The number of nitrogens with two attached hydrogens (primary N) is 1. The van der Waals surface area contributed by atoms with E-state index in [0.29, 0.717) is 11.5 Å². The molecule has 0 fully saturated rings. The van der Waals surface area contributed by atoms with Crippen molar-refractivity contribution < 1.29 is 9.15 Å². The zero-order valence-corrected chi connectivity index (χ0v) is 8.31. The molecule has 0 radical (unpaired) electrons. The molecule has 3 rings (SSSR count). The summed E-state index contributed by atoms with van der Waals surface area (Å²) in [5.41, 5.74) is 6.24. The lowest BCUT2D eigenvalue weighted by Crippen LogP contribution is -1.89. The van der Waals surface area contributed by atoms with Gasteiger partial charge in [-0.25, -0.2) is 14.6 Å². The lowest BCUT2D eigenvalue weighted by molar-refractivity contribution is 0.308. The molecule has 2 N–H and O–H groups in total. The molecule has 0 aromatic carbocycles. The van der Waals surface area contributed by atoms with Crippen LogP contribution in [0.5, 0.6) is 0 Å². The van der Waals surface area contributed by atoms with Gasteiger partial charge in [0.1, 0.15) is 12.0 Å². The van der Waals surface area contributed by atoms with Crippen molar-refractivity contribution in [2.45, 2.75) is 0 Å². The van der Waals surface area contributed by atoms with Crippen LogP contribution in [0.4, 0.5) is 5.82 Å². The minimum atomic E-state index is 0.0860. The van der Waals surface area contributed by atoms with E-state index in [2.05, 4.69) is 35.1 Å². The van der Waals surface area contributed by atoms with Crippen LogP contribution in [-0.4, -0.2) is 30.4 Å². The zero-order valence-electron chi connectivity index (χ0n) is 8.31. The lowest BCUT2D eigenvalue weighted by Gasteiger charge is -1.88. The molecule has 9 nitrogen and oxygen atoms in total. The van der Waals surface area contributed by atoms with Crippen LogP contribution in [0.15, 0.2) is 27.7 Å². The van der Waals surface area contributed by atoms with Gasteiger partial charge in [0.05, 0.1) is 0 Å². The summed E-state index contributed by atoms with van der Waals surface area (Å²) in [6.07, 6.45) is 2.96. The van der Waals surface area contributed by atoms with E-state index in [-0.39, 0.29) is 17.4 Å². The van der Waals surface area contributed by atoms with Gasteiger partial charge in [-0.15, -0.1) is 0 Å². The minimum absolute atomic E-state index is 0.0860. The molecule has 84 valence electrons. The first-order chi connectivity index (χ1) is 8.34. The quantitative estimate of drug-likeness (QED) is 0.654. The minimum Gasteiger partial charge on any atom is -0.379 e. The number of hydrogen-bond acceptors (Lipinski definition) is 9. The van der Waals surface area contributed by atoms with Crippen molar-refractivity contribution in [3.8, 4) is 23.1 Å². The Labute approximate surface area is 93.6 Å². The highest BCUT2D eigenvalue weighted by Gasteiger charge is 2.18. The second-order valence-corrected chi connectivity index (χ2v) is 3.02. The molecule has 0 amide bonds. The van der Waals surface area contributed by atoms with Gasteiger partial charge < -0.3 is 10.3 Å². The van der Waals surface area contributed by atoms with Crippen molar-refractivity contribution in [3.63, 3.8) is 0 Å². The van der Waals surface area contributed by atoms with Crippen LogP contribution >= 0.6 is 0 Å². The Kier molecular flexibility index (Phi) is 2.00. The fourth-order valence-corrected chi connectivity index (χ4v) is 1.19. The highest BCUT2D eigenvalue weighted by Crippen LogP contribution is 2.22. The molecular weight excluding hydrogens is 226 g/mol. The maximum absolute atomic E-state index is 5.50. The molecule has 3 aromatic heterocycles. The van der Waals surface area contributed by atoms with Crippen molar-refractivity contribution in [2.24, 2.45) is 0 Å². The van der Waals surface area contributed by atoms with Gasteiger partial charge >= 0.3 is 0 Å². The van der Waals surface area contributed by atoms with E-state index in [9.17, 15) is 0 Å². The number of nitrogens with zero attached hydrogens (tertiary/aromatic N) is 6. The highest BCUT2D eigenvalue weighted by molar-refractivity contribution is 5.62. The summed E-state index contributed by atoms with van der Waals surface area (Å²) in [6.45, 7) is 0. The van der Waals surface area contributed by atoms with E-state index in [0.717, 1.165) is 0 Å². The number of aromatic nitrogens is 6. The number of rotatable bonds is 2. The summed E-state index contributed by atoms with van der Waals surface area (Å²) in [7, 11) is 0. The number of hydrogen-bond donors (Lipinski definition) is 1. The van der Waals surface area contributed by atoms with Crippen LogP contribution < -0.4 is 5.73 Å². The third-order valence-electron chi connectivity index (χ3n) is 1.95. The SMILES string of the molecule is Nc1nonc1-c1nc(-c2ccncn2)no1. The molecule has 0 saturated heterocycles. The average molecular weight is 231 g/mol. The molecule has 0 unspecified atom stereocenters. The first kappa shape index (κ1) is 9.39. The van der Waals surface area contributed by atoms with Crippen LogP contribution in [0.25, 0.3) is 23.1 Å². The van der Waals surface area contributed by atoms with Crippen LogP contribution in [0, 0.1) is 0 Å². The van der Waals surface area contributed by atoms with E-state index in [1.807, 2.05) is 0 Å². The number of anilines is 1. The summed E-state index contributed by atoms with van der Waals surface area (Å²) in [5.74, 6) is 0.519. The fraction of sp³-hybridized carbons (Fsp3) is 0. The van der Waals surface area contributed by atoms with Crippen molar-refractivity contribution in [2.75, 3.05) is 5.73 Å². The molecule has 0 spiro atoms. The Hall–Kier alpha value is -2.84. The van der Waals surface area contributed by atoms with Crippen LogP contribution in [-0.2, 0) is 0 Å². The Morgan fingerprint density at radius 3 is 2.82 bits per heavy atom. The zero-order chi connectivity index (χ0) is 11.7. The fourth-order valence-electron chi connectivity index (χ4n) is 1.19. The van der Waals surface area contributed by atoms with Crippen molar-refractivity contribution in [3.05, 3.63) is 18.6 Å². The van der Waals surface area contributed by atoms with Gasteiger partial charge in [-0.05, 0) is 16.4 Å². The van der Waals surface area contributed by atoms with E-state index >= 15 is 0 Å². The van der Waals surface area contributed by atoms with Gasteiger partial charge in [0.15, 0.2) is 0 Å². The topological polar surface area (TPSA) is 130 Å². The lowest BCUT2D eigenvalue weighted by atomic mass is 10.4. The summed E-state index contributed by atoms with van der Waals surface area (Å²) in [6, 6.07) is 1.65. The van der Waals surface area contributed by atoms with Gasteiger partial charge in [0.2, 0.25) is 17.3 Å². The molecule has 0 saturated carbocycles. The first-order valence-electron chi connectivity index (χ1n) is 4.53. The van der Waals surface area contributed by atoms with Crippen LogP contribution in [0.1, 0.15) is 0 Å². The molecule has 0 atom stereocenters. The van der Waals surface area contributed by atoms with Crippen molar-refractivity contribution in [1.29, 1.82) is 0 Å². The third-order valence-corrected chi connectivity index (χ3v) is 1.95. The van der Waals surface area contributed by atoms with Crippen LogP contribution in [0.3, 0.4) is 0 Å². The Morgan fingerprint density at radius 1 is 1.18 bits per heavy atom. The molecule has 0 aliphatic carbocycles. The van der Waals surface area contributed by atoms with Crippen molar-refractivity contribution in [1.82, 2.24) is 30.4 Å². The Bertz CT molecular complexity index is 632. The predicted octanol–water partition coefficient (Wildman–Crippen LogP) is 0.159. The van der Waals surface area contributed by atoms with Gasteiger partial charge in [0, 0.05) is 6.20 Å². The van der Waals surface area contributed by atoms with Gasteiger partial charge in [0.25, 0.3) is 5.89 Å². The predicted molar refractivity (Wildman–Crippen MR) is 53.0 cm³/mol. The molecule has 0 aliphatic heterocycles. The summed E-state index contributed by atoms with van der Waals surface area (Å²) in [4.78, 5) is 11.8. The Balaban J connectivity index is 2.02. The Morgan fingerprint density at radius 2 is 2.12 bits per heavy atom. The number of nitrogen functional groups attached to an aromatic ring is 1. The van der Waals surface area contributed by atoms with E-state index in [1.165, 1.54) is 6.33 Å². The van der Waals surface area contributed by atoms with E-state index < -0.39 is 0 Å². The summed E-state index contributed by atoms with van der Waals surface area (Å²) < 4.78 is 9.42. The standard InChI is InChI=1S/C8H5N7O2/c9-6-5(13-17-14-6)8-12-7(15-16-8)4-1-2-10-3-11-4/h1-3H,(H2,9,14). The molecule has 0 bridgehead atoms. The molecule has 3 heterocycles. The summed E-state index contributed by atoms with van der Waals surface area (Å²) >= 11 is 0. The second kappa shape index (κ2) is 3.63. The van der Waals surface area contributed by atoms with Crippen molar-refractivity contribution >= 4 is 5.82 Å². The third kappa shape index (κ3) is 1.58. The molecular formula is C8H5N7O2. The van der Waals surface area contributed by atoms with E-state index in [4.69, 9.17) is 10.3 Å².